The van der Waals surface area contributed by atoms with E-state index in [4.69, 9.17) is 9.47 Å². The molecule has 0 saturated heterocycles. The number of ketones is 1. The van der Waals surface area contributed by atoms with Crippen molar-refractivity contribution in [3.63, 3.8) is 0 Å². The number of hydrogen-bond donors (Lipinski definition) is 0. The van der Waals surface area contributed by atoms with Gasteiger partial charge in [0.1, 0.15) is 5.60 Å². The number of hydrogen-bond acceptors (Lipinski definition) is 6. The van der Waals surface area contributed by atoms with Crippen LogP contribution in [0.15, 0.2) is 0 Å². The average molecular weight is 485 g/mol. The van der Waals surface area contributed by atoms with Crippen molar-refractivity contribution in [1.82, 2.24) is 9.80 Å². The normalized spacial score (nSPS) is 16.8. The van der Waals surface area contributed by atoms with Crippen molar-refractivity contribution >= 4 is 17.7 Å². The van der Waals surface area contributed by atoms with Crippen LogP contribution in [-0.4, -0.2) is 79.5 Å². The van der Waals surface area contributed by atoms with Crippen molar-refractivity contribution in [3.05, 3.63) is 0 Å². The van der Waals surface area contributed by atoms with Gasteiger partial charge in [0.05, 0.1) is 24.6 Å². The Hall–Kier alpha value is -1.47. The molecule has 0 aliphatic carbocycles. The molecular weight excluding hydrogens is 432 g/mol. The summed E-state index contributed by atoms with van der Waals surface area (Å²) in [4.78, 5) is 43.2. The molecule has 7 nitrogen and oxygen atoms in total. The van der Waals surface area contributed by atoms with Crippen molar-refractivity contribution in [1.29, 1.82) is 0 Å². The Labute approximate surface area is 208 Å². The van der Waals surface area contributed by atoms with Crippen molar-refractivity contribution in [2.75, 3.05) is 28.3 Å². The number of ether oxygens (including phenoxy) is 2. The lowest BCUT2D eigenvalue weighted by atomic mass is 9.83. The molecule has 0 N–H and O–H groups in total. The number of rotatable bonds is 14. The van der Waals surface area contributed by atoms with E-state index < -0.39 is 17.6 Å². The van der Waals surface area contributed by atoms with Crippen molar-refractivity contribution in [2.24, 2.45) is 23.7 Å². The fraction of sp³-hybridized carbons (Fsp3) is 0.889. The number of nitrogens with zero attached hydrogens (tertiary/aromatic N) is 2. The second-order valence-electron chi connectivity index (χ2n) is 11.6. The molecule has 0 aromatic rings. The highest BCUT2D eigenvalue weighted by atomic mass is 16.6. The van der Waals surface area contributed by atoms with E-state index in [2.05, 4.69) is 13.8 Å². The van der Waals surface area contributed by atoms with Gasteiger partial charge in [-0.05, 0) is 52.6 Å². The van der Waals surface area contributed by atoms with Crippen LogP contribution in [0.25, 0.3) is 0 Å². The maximum atomic E-state index is 13.8. The highest BCUT2D eigenvalue weighted by Gasteiger charge is 2.39. The highest BCUT2D eigenvalue weighted by molar-refractivity contribution is 5.90. The van der Waals surface area contributed by atoms with Crippen molar-refractivity contribution < 1.29 is 23.9 Å². The Morgan fingerprint density at radius 3 is 1.76 bits per heavy atom. The van der Waals surface area contributed by atoms with Crippen molar-refractivity contribution in [3.8, 4) is 0 Å². The van der Waals surface area contributed by atoms with E-state index in [0.717, 1.165) is 6.42 Å². The zero-order chi connectivity index (χ0) is 27.0. The summed E-state index contributed by atoms with van der Waals surface area (Å²) in [6.07, 6.45) is 0.561. The molecule has 34 heavy (non-hydrogen) atoms. The Morgan fingerprint density at radius 1 is 0.882 bits per heavy atom. The van der Waals surface area contributed by atoms with Gasteiger partial charge in [0.25, 0.3) is 0 Å². The molecule has 0 aromatic heterocycles. The fourth-order valence-electron chi connectivity index (χ4n) is 4.74. The van der Waals surface area contributed by atoms with Crippen LogP contribution in [0.3, 0.4) is 0 Å². The molecule has 0 aromatic carbocycles. The summed E-state index contributed by atoms with van der Waals surface area (Å²) < 4.78 is 11.3. The minimum absolute atomic E-state index is 0.00157. The standard InChI is InChI=1S/C27H52N2O5/c1-14-19(6)25(22(33-13)16-23(31)34-27(7,8)9)29(12)26(32)20(17(2)3)15-21(30)24(18(4)5)28(10)11/h17-20,22,24-25H,14-16H2,1-13H3/t19-,20-,22+,24-,25-/m0/s1. The number of Topliss-reactive ketones (excluding diaryl/α,β-unsaturated/α-hetero) is 1. The minimum Gasteiger partial charge on any atom is -0.460 e. The van der Waals surface area contributed by atoms with E-state index in [1.165, 1.54) is 0 Å². The van der Waals surface area contributed by atoms with Crippen LogP contribution in [0.5, 0.6) is 0 Å². The molecule has 200 valence electrons. The lowest BCUT2D eigenvalue weighted by molar-refractivity contribution is -0.161. The molecule has 0 saturated carbocycles. The first-order valence-electron chi connectivity index (χ1n) is 12.7. The Kier molecular flexibility index (Phi) is 13.6. The van der Waals surface area contributed by atoms with Gasteiger partial charge in [-0.25, -0.2) is 0 Å². The Bertz CT molecular complexity index is 646. The molecule has 0 rings (SSSR count). The topological polar surface area (TPSA) is 76.1 Å². The van der Waals surface area contributed by atoms with Gasteiger partial charge in [0.2, 0.25) is 5.91 Å². The van der Waals surface area contributed by atoms with E-state index in [0.29, 0.717) is 0 Å². The van der Waals surface area contributed by atoms with Gasteiger partial charge in [0, 0.05) is 26.5 Å². The number of esters is 1. The van der Waals surface area contributed by atoms with Gasteiger partial charge in [0.15, 0.2) is 5.78 Å². The smallest absolute Gasteiger partial charge is 0.309 e. The summed E-state index contributed by atoms with van der Waals surface area (Å²) in [5, 5.41) is 0. The number of methoxy groups -OCH3 is 1. The van der Waals surface area contributed by atoms with Gasteiger partial charge < -0.3 is 14.4 Å². The monoisotopic (exact) mass is 484 g/mol. The largest absolute Gasteiger partial charge is 0.460 e. The van der Waals surface area contributed by atoms with Crippen LogP contribution in [0.4, 0.5) is 0 Å². The van der Waals surface area contributed by atoms with E-state index in [1.807, 2.05) is 67.5 Å². The van der Waals surface area contributed by atoms with Gasteiger partial charge in [-0.3, -0.25) is 19.3 Å². The van der Waals surface area contributed by atoms with Crippen LogP contribution in [0.2, 0.25) is 0 Å². The summed E-state index contributed by atoms with van der Waals surface area (Å²) in [5.41, 5.74) is -0.592. The quantitative estimate of drug-likeness (QED) is 0.340. The Morgan fingerprint density at radius 2 is 1.41 bits per heavy atom. The first-order valence-corrected chi connectivity index (χ1v) is 12.7. The van der Waals surface area contributed by atoms with Crippen LogP contribution in [0, 0.1) is 23.7 Å². The summed E-state index contributed by atoms with van der Waals surface area (Å²) in [6, 6.07) is -0.551. The third-order valence-electron chi connectivity index (χ3n) is 6.55. The summed E-state index contributed by atoms with van der Waals surface area (Å²) in [6.45, 7) is 17.6. The highest BCUT2D eigenvalue weighted by Crippen LogP contribution is 2.28. The van der Waals surface area contributed by atoms with E-state index in [9.17, 15) is 14.4 Å². The third kappa shape index (κ3) is 10.0. The zero-order valence-corrected chi connectivity index (χ0v) is 24.1. The summed E-state index contributed by atoms with van der Waals surface area (Å²) in [5.74, 6) is -0.547. The third-order valence-corrected chi connectivity index (χ3v) is 6.55. The van der Waals surface area contributed by atoms with Crippen LogP contribution in [-0.2, 0) is 23.9 Å². The number of amides is 1. The lowest BCUT2D eigenvalue weighted by Crippen LogP contribution is -2.53. The maximum absolute atomic E-state index is 13.8. The molecule has 0 aliphatic heterocycles. The van der Waals surface area contributed by atoms with E-state index >= 15 is 0 Å². The maximum Gasteiger partial charge on any atom is 0.309 e. The second-order valence-corrected chi connectivity index (χ2v) is 11.6. The molecule has 5 atom stereocenters. The molecular formula is C27H52N2O5. The predicted molar refractivity (Wildman–Crippen MR) is 138 cm³/mol. The number of likely N-dealkylation sites (N-methyl/N-ethyl adjacent to an activating group) is 2. The molecule has 0 spiro atoms. The zero-order valence-electron chi connectivity index (χ0n) is 24.1. The molecule has 7 heteroatoms. The van der Waals surface area contributed by atoms with E-state index in [-0.39, 0.29) is 60.3 Å². The average Bonchev–Trinajstić information content (AvgIpc) is 2.68. The van der Waals surface area contributed by atoms with Gasteiger partial charge >= 0.3 is 5.97 Å². The lowest BCUT2D eigenvalue weighted by Gasteiger charge is -2.40. The summed E-state index contributed by atoms with van der Waals surface area (Å²) >= 11 is 0. The predicted octanol–water partition coefficient (Wildman–Crippen LogP) is 4.42. The number of carbonyl (C=O) groups excluding carboxylic acids is 3. The Balaban J connectivity index is 5.90. The molecule has 0 fully saturated rings. The molecule has 0 aliphatic rings. The van der Waals surface area contributed by atoms with Crippen LogP contribution >= 0.6 is 0 Å². The molecule has 1 amide bonds. The minimum atomic E-state index is -0.592. The molecule has 0 unspecified atom stereocenters. The molecule has 0 radical (unpaired) electrons. The number of carbonyl (C=O) groups is 3. The van der Waals surface area contributed by atoms with Crippen molar-refractivity contribution in [2.45, 2.75) is 105 Å². The van der Waals surface area contributed by atoms with Gasteiger partial charge in [-0.15, -0.1) is 0 Å². The van der Waals surface area contributed by atoms with Gasteiger partial charge in [-0.1, -0.05) is 48.0 Å². The second kappa shape index (κ2) is 14.2. The van der Waals surface area contributed by atoms with E-state index in [1.54, 1.807) is 19.1 Å². The summed E-state index contributed by atoms with van der Waals surface area (Å²) in [7, 11) is 7.14. The fourth-order valence-corrected chi connectivity index (χ4v) is 4.74. The first kappa shape index (κ1) is 32.5. The van der Waals surface area contributed by atoms with Gasteiger partial charge in [-0.2, -0.15) is 0 Å². The first-order chi connectivity index (χ1) is 15.5. The SMILES string of the molecule is CC[C@H](C)[C@@H]([C@@H](CC(=O)OC(C)(C)C)OC)N(C)C(=O)[C@@H](CC(=O)[C@H](C(C)C)N(C)C)C(C)C. The molecule has 0 bridgehead atoms. The molecule has 0 heterocycles. The van der Waals surface area contributed by atoms with Crippen LogP contribution in [0.1, 0.15) is 81.6 Å². The van der Waals surface area contributed by atoms with Crippen LogP contribution < -0.4 is 0 Å².